The second-order valence-corrected chi connectivity index (χ2v) is 26.0. The van der Waals surface area contributed by atoms with Crippen molar-refractivity contribution in [2.24, 2.45) is 92.7 Å². The highest BCUT2D eigenvalue weighted by Crippen LogP contribution is 2.53. The Balaban J connectivity index is 0.00000195. The van der Waals surface area contributed by atoms with Crippen molar-refractivity contribution < 1.29 is 0 Å². The largest absolute Gasteiger partial charge is 0.286 e. The van der Waals surface area contributed by atoms with Gasteiger partial charge in [0.15, 0.2) is 0 Å². The van der Waals surface area contributed by atoms with Crippen LogP contribution in [0.25, 0.3) is 0 Å². The highest BCUT2D eigenvalue weighted by molar-refractivity contribution is 5.85. The van der Waals surface area contributed by atoms with Crippen LogP contribution in [0.3, 0.4) is 0 Å². The predicted octanol–water partition coefficient (Wildman–Crippen LogP) is 7.09. The van der Waals surface area contributed by atoms with Gasteiger partial charge in [-0.1, -0.05) is 83.1 Å². The first-order chi connectivity index (χ1) is 26.2. The van der Waals surface area contributed by atoms with Crippen LogP contribution in [0.1, 0.15) is 160 Å². The Morgan fingerprint density at radius 3 is 0.559 bits per heavy atom. The van der Waals surface area contributed by atoms with Crippen molar-refractivity contribution >= 4 is 35.8 Å². The summed E-state index contributed by atoms with van der Waals surface area (Å²) < 4.78 is 0. The third-order valence-corrected chi connectivity index (χ3v) is 19.0. The summed E-state index contributed by atoms with van der Waals surface area (Å²) >= 11 is 0. The predicted molar refractivity (Wildman–Crippen MR) is 256 cm³/mol. The molecule has 9 rings (SSSR count). The maximum Gasteiger partial charge on any atom is 0.0628 e. The summed E-state index contributed by atoms with van der Waals surface area (Å²) in [5.74, 6) is 8.35. The summed E-state index contributed by atoms with van der Waals surface area (Å²) in [6.07, 6.45) is 18.8. The molecule has 0 aromatic carbocycles. The second-order valence-electron chi connectivity index (χ2n) is 26.0. The van der Waals surface area contributed by atoms with Crippen LogP contribution in [0.15, 0.2) is 0 Å². The van der Waals surface area contributed by atoms with E-state index in [4.69, 9.17) is 0 Å². The van der Waals surface area contributed by atoms with Gasteiger partial charge in [0.25, 0.3) is 0 Å². The zero-order chi connectivity index (χ0) is 39.7. The molecule has 4 aliphatic carbocycles. The molecular weight excluding hydrogens is 788 g/mol. The van der Waals surface area contributed by atoms with Crippen molar-refractivity contribution in [3.8, 4) is 0 Å². The van der Waals surface area contributed by atoms with Crippen LogP contribution in [0, 0.1) is 92.7 Å². The van der Waals surface area contributed by atoms with Crippen LogP contribution in [0.2, 0.25) is 0 Å². The highest BCUT2D eigenvalue weighted by Gasteiger charge is 2.57. The number of hydrogen-bond donors (Lipinski definition) is 8. The first-order valence-corrected chi connectivity index (χ1v) is 24.3. The Morgan fingerprint density at radius 1 is 0.254 bits per heavy atom. The Morgan fingerprint density at radius 2 is 0.407 bits per heavy atom. The van der Waals surface area contributed by atoms with Gasteiger partial charge in [-0.05, 0) is 181 Å². The van der Waals surface area contributed by atoms with Gasteiger partial charge in [-0.25, -0.2) is 0 Å². The van der Waals surface area contributed by atoms with Crippen molar-refractivity contribution in [3.63, 3.8) is 0 Å². The topological polar surface area (TPSA) is 96.2 Å². The zero-order valence-corrected chi connectivity index (χ0v) is 40.5. The van der Waals surface area contributed by atoms with Crippen molar-refractivity contribution in [2.45, 2.75) is 209 Å². The van der Waals surface area contributed by atoms with Gasteiger partial charge in [-0.3, -0.25) is 42.5 Å². The summed E-state index contributed by atoms with van der Waals surface area (Å²) in [5.41, 5.74) is 1.42. The van der Waals surface area contributed by atoms with Gasteiger partial charge in [0.2, 0.25) is 0 Å². The second kappa shape index (κ2) is 17.7. The summed E-state index contributed by atoms with van der Waals surface area (Å²) in [5, 5.41) is 35.2. The zero-order valence-electron chi connectivity index (χ0n) is 38.8. The molecule has 5 saturated heterocycles. The molecular formula is C48H94Cl2N8Si. The number of rotatable bonds is 0. The standard InChI is InChI=1S/C48H88N8.2ClH.H4Si/c1-45(2,3)25-13-17-29-33(21-25)41-49-37(29)54-42-35-23-27(47(7,8)9)15-19-31(35)39(51-42)56-44-36-24-28(48(10,11)12)16-20-32(36)40(52-44)55-43-34-22-26(46(4,5)6)14-18-30(34)38(50-43)53-41;;;/h25-44,49-56H,13-24H2,1-12H3;2*1H;1H4. The first-order valence-electron chi connectivity index (χ1n) is 24.3. The van der Waals surface area contributed by atoms with E-state index in [9.17, 15) is 0 Å². The SMILES string of the molecule is CC(C)(C)C1CCC2C3NC(NC4NC(NC5NC(NC6NC(N3)C3CC(C(C)(C)C)CCC63)C3CC(C(C)(C)C)CCC53)C3CC(C(C)(C)C)CCC43)C2C1.Cl.Cl.[SiH4]. The maximum atomic E-state index is 4.44. The minimum absolute atomic E-state index is 0. The van der Waals surface area contributed by atoms with Gasteiger partial charge in [0.1, 0.15) is 0 Å². The number of fused-ring (bicyclic) bond motifs is 20. The molecule has 12 atom stereocenters. The Hall–Kier alpha value is 0.477. The van der Waals surface area contributed by atoms with E-state index in [1.54, 1.807) is 0 Å². The molecule has 8 N–H and O–H groups in total. The van der Waals surface area contributed by atoms with Gasteiger partial charge in [0, 0.05) is 0 Å². The van der Waals surface area contributed by atoms with Gasteiger partial charge >= 0.3 is 0 Å². The Kier molecular flexibility index (Phi) is 14.7. The molecule has 9 fully saturated rings. The van der Waals surface area contributed by atoms with E-state index in [2.05, 4.69) is 126 Å². The molecule has 0 amide bonds. The molecule has 12 unspecified atom stereocenters. The first kappa shape index (κ1) is 48.9. The van der Waals surface area contributed by atoms with E-state index in [1.165, 1.54) is 77.0 Å². The van der Waals surface area contributed by atoms with E-state index in [0.717, 1.165) is 23.7 Å². The summed E-state index contributed by atoms with van der Waals surface area (Å²) in [6.45, 7) is 30.0. The lowest BCUT2D eigenvalue weighted by Gasteiger charge is -2.44. The number of nitrogens with one attached hydrogen (secondary N) is 8. The fourth-order valence-corrected chi connectivity index (χ4v) is 15.2. The molecule has 0 radical (unpaired) electrons. The van der Waals surface area contributed by atoms with Crippen molar-refractivity contribution in [1.29, 1.82) is 0 Å². The van der Waals surface area contributed by atoms with Crippen LogP contribution in [0.5, 0.6) is 0 Å². The smallest absolute Gasteiger partial charge is 0.0628 e. The van der Waals surface area contributed by atoms with Crippen molar-refractivity contribution in [3.05, 3.63) is 0 Å². The van der Waals surface area contributed by atoms with E-state index in [1.807, 2.05) is 0 Å². The average molecular weight is 882 g/mol. The van der Waals surface area contributed by atoms with E-state index >= 15 is 0 Å². The molecule has 0 aromatic rings. The molecule has 0 aromatic heterocycles. The van der Waals surface area contributed by atoms with Crippen LogP contribution < -0.4 is 42.5 Å². The van der Waals surface area contributed by atoms with Gasteiger partial charge in [-0.2, -0.15) is 0 Å². The van der Waals surface area contributed by atoms with E-state index in [0.29, 0.717) is 118 Å². The minimum atomic E-state index is 0. The lowest BCUT2D eigenvalue weighted by atomic mass is 9.64. The van der Waals surface area contributed by atoms with E-state index in [-0.39, 0.29) is 35.8 Å². The lowest BCUT2D eigenvalue weighted by molar-refractivity contribution is 0.0697. The fraction of sp³-hybridized carbons (Fsp3) is 1.00. The van der Waals surface area contributed by atoms with Gasteiger partial charge in [0.05, 0.1) is 49.3 Å². The molecule has 5 heterocycles. The maximum absolute atomic E-state index is 4.44. The average Bonchev–Trinajstić information content (AvgIpc) is 3.84. The van der Waals surface area contributed by atoms with Crippen molar-refractivity contribution in [1.82, 2.24) is 42.5 Å². The molecule has 4 saturated carbocycles. The summed E-state index contributed by atoms with van der Waals surface area (Å²) in [6, 6.07) is 0. The van der Waals surface area contributed by atoms with Crippen LogP contribution >= 0.6 is 24.8 Å². The molecule has 8 nitrogen and oxygen atoms in total. The fourth-order valence-electron chi connectivity index (χ4n) is 15.2. The molecule has 344 valence electrons. The van der Waals surface area contributed by atoms with Crippen LogP contribution in [-0.2, 0) is 0 Å². The van der Waals surface area contributed by atoms with Gasteiger partial charge < -0.3 is 0 Å². The number of hydrogen-bond acceptors (Lipinski definition) is 8. The molecule has 9 aliphatic rings. The molecule has 5 aliphatic heterocycles. The highest BCUT2D eigenvalue weighted by atomic mass is 35.5. The number of halogens is 2. The van der Waals surface area contributed by atoms with Gasteiger partial charge in [-0.15, -0.1) is 24.8 Å². The minimum Gasteiger partial charge on any atom is -0.286 e. The third-order valence-electron chi connectivity index (χ3n) is 19.0. The Labute approximate surface area is 378 Å². The van der Waals surface area contributed by atoms with Crippen LogP contribution in [-0.4, -0.2) is 60.3 Å². The summed E-state index contributed by atoms with van der Waals surface area (Å²) in [4.78, 5) is 0. The molecule has 0 spiro atoms. The molecule has 11 heteroatoms. The quantitative estimate of drug-likeness (QED) is 0.123. The summed E-state index contributed by atoms with van der Waals surface area (Å²) in [7, 11) is 0. The lowest BCUT2D eigenvalue weighted by Crippen LogP contribution is -2.61. The molecule has 59 heavy (non-hydrogen) atoms. The van der Waals surface area contributed by atoms with Crippen LogP contribution in [0.4, 0.5) is 0 Å². The van der Waals surface area contributed by atoms with Crippen molar-refractivity contribution in [2.75, 3.05) is 0 Å². The third kappa shape index (κ3) is 9.45. The monoisotopic (exact) mass is 881 g/mol. The normalized spacial score (nSPS) is 48.6. The molecule has 8 bridgehead atoms. The Bertz CT molecular complexity index is 1200. The van der Waals surface area contributed by atoms with E-state index < -0.39 is 0 Å².